The molecule has 8 heteroatoms. The molecule has 1 saturated carbocycles. The van der Waals surface area contributed by atoms with E-state index in [0.29, 0.717) is 48.4 Å². The van der Waals surface area contributed by atoms with Crippen LogP contribution in [-0.4, -0.2) is 36.5 Å². The molecular formula is C26H27N3O5. The van der Waals surface area contributed by atoms with Gasteiger partial charge >= 0.3 is 5.97 Å². The summed E-state index contributed by atoms with van der Waals surface area (Å²) in [6, 6.07) is 12.5. The van der Waals surface area contributed by atoms with Crippen LogP contribution in [0.5, 0.6) is 5.75 Å². The van der Waals surface area contributed by atoms with Crippen molar-refractivity contribution in [3.8, 4) is 11.8 Å². The zero-order valence-corrected chi connectivity index (χ0v) is 19.2. The third-order valence-electron chi connectivity index (χ3n) is 7.12. The summed E-state index contributed by atoms with van der Waals surface area (Å²) in [6.07, 6.45) is 1.60. The lowest BCUT2D eigenvalue weighted by molar-refractivity contribution is -0.137. The van der Waals surface area contributed by atoms with E-state index in [1.807, 2.05) is 13.0 Å². The smallest absolute Gasteiger partial charge is 0.303 e. The topological polar surface area (TPSA) is 129 Å². The highest BCUT2D eigenvalue weighted by atomic mass is 16.5. The number of nitrogens with zero attached hydrogens (tertiary/aromatic N) is 1. The number of ether oxygens (including phenoxy) is 1. The molecule has 3 atom stereocenters. The van der Waals surface area contributed by atoms with Crippen molar-refractivity contribution in [3.63, 3.8) is 0 Å². The van der Waals surface area contributed by atoms with Crippen molar-refractivity contribution in [3.05, 3.63) is 58.7 Å². The highest BCUT2D eigenvalue weighted by Crippen LogP contribution is 2.65. The standard InChI is InChI=1S/C26H27N3O5/c1-15-23(26(15)10-11-34-21-9-8-18(13-19(21)26)24(32)28-2)25(33)29-20-12-16(14-27)6-7-17(20)4-3-5-22(30)31/h6-9,12-13,15,23H,3-5,10-11H2,1-2H3,(H,28,32)(H,29,33)(H,30,31)/t15-,23-,26-/m0/s1. The number of carbonyl (C=O) groups is 3. The molecule has 2 aliphatic rings. The normalized spacial score (nSPS) is 22.1. The Morgan fingerprint density at radius 1 is 1.24 bits per heavy atom. The zero-order chi connectivity index (χ0) is 24.5. The molecule has 8 nitrogen and oxygen atoms in total. The van der Waals surface area contributed by atoms with E-state index in [9.17, 15) is 19.6 Å². The van der Waals surface area contributed by atoms with Crippen LogP contribution in [0.1, 0.15) is 53.2 Å². The van der Waals surface area contributed by atoms with E-state index in [1.54, 1.807) is 37.4 Å². The molecule has 1 heterocycles. The minimum absolute atomic E-state index is 0.0284. The van der Waals surface area contributed by atoms with Crippen molar-refractivity contribution >= 4 is 23.5 Å². The van der Waals surface area contributed by atoms with Crippen LogP contribution in [0.25, 0.3) is 0 Å². The maximum absolute atomic E-state index is 13.5. The van der Waals surface area contributed by atoms with Gasteiger partial charge in [0, 0.05) is 35.7 Å². The first-order valence-corrected chi connectivity index (χ1v) is 11.4. The summed E-state index contributed by atoms with van der Waals surface area (Å²) in [4.78, 5) is 36.6. The SMILES string of the molecule is CNC(=O)c1ccc2c(c1)[C@@]1(CCO2)[C@H](C(=O)Nc2cc(C#N)ccc2CCCC(=O)O)[C@@H]1C. The first-order valence-electron chi connectivity index (χ1n) is 11.4. The molecule has 0 aromatic heterocycles. The van der Waals surface area contributed by atoms with Crippen LogP contribution in [0.15, 0.2) is 36.4 Å². The van der Waals surface area contributed by atoms with Gasteiger partial charge in [-0.15, -0.1) is 0 Å². The predicted octanol–water partition coefficient (Wildman–Crippen LogP) is 3.25. The van der Waals surface area contributed by atoms with E-state index in [-0.39, 0.29) is 30.1 Å². The van der Waals surface area contributed by atoms with Crippen LogP contribution < -0.4 is 15.4 Å². The van der Waals surface area contributed by atoms with E-state index >= 15 is 0 Å². The fourth-order valence-electron chi connectivity index (χ4n) is 5.28. The summed E-state index contributed by atoms with van der Waals surface area (Å²) in [7, 11) is 1.58. The van der Waals surface area contributed by atoms with Gasteiger partial charge in [0.2, 0.25) is 5.91 Å². The van der Waals surface area contributed by atoms with Crippen molar-refractivity contribution in [1.82, 2.24) is 5.32 Å². The Balaban J connectivity index is 1.60. The Bertz CT molecular complexity index is 1200. The maximum atomic E-state index is 13.5. The first kappa shape index (κ1) is 23.3. The minimum Gasteiger partial charge on any atom is -0.493 e. The summed E-state index contributed by atoms with van der Waals surface area (Å²) >= 11 is 0. The molecule has 34 heavy (non-hydrogen) atoms. The molecule has 2 aromatic rings. The molecule has 1 aliphatic carbocycles. The zero-order valence-electron chi connectivity index (χ0n) is 19.2. The van der Waals surface area contributed by atoms with Crippen LogP contribution >= 0.6 is 0 Å². The molecule has 4 rings (SSSR count). The second kappa shape index (κ2) is 9.18. The molecular weight excluding hydrogens is 434 g/mol. The number of aliphatic carboxylic acids is 1. The van der Waals surface area contributed by atoms with Crippen LogP contribution in [-0.2, 0) is 21.4 Å². The third-order valence-corrected chi connectivity index (χ3v) is 7.12. The van der Waals surface area contributed by atoms with Gasteiger partial charge in [0.05, 0.1) is 24.2 Å². The van der Waals surface area contributed by atoms with Gasteiger partial charge in [-0.3, -0.25) is 14.4 Å². The molecule has 1 spiro atoms. The molecule has 0 bridgehead atoms. The number of fused-ring (bicyclic) bond motifs is 2. The number of benzene rings is 2. The van der Waals surface area contributed by atoms with Crippen molar-refractivity contribution < 1.29 is 24.2 Å². The Morgan fingerprint density at radius 3 is 2.74 bits per heavy atom. The van der Waals surface area contributed by atoms with Crippen molar-refractivity contribution in [1.29, 1.82) is 5.26 Å². The Labute approximate surface area is 197 Å². The Morgan fingerprint density at radius 2 is 2.03 bits per heavy atom. The lowest BCUT2D eigenvalue weighted by atomic mass is 9.85. The van der Waals surface area contributed by atoms with Gasteiger partial charge in [-0.05, 0) is 61.1 Å². The lowest BCUT2D eigenvalue weighted by Gasteiger charge is -2.28. The van der Waals surface area contributed by atoms with Crippen molar-refractivity contribution in [2.45, 2.75) is 38.0 Å². The number of rotatable bonds is 7. The van der Waals surface area contributed by atoms with E-state index < -0.39 is 11.4 Å². The largest absolute Gasteiger partial charge is 0.493 e. The Kier molecular flexibility index (Phi) is 6.29. The minimum atomic E-state index is -0.873. The average molecular weight is 462 g/mol. The second-order valence-corrected chi connectivity index (χ2v) is 8.92. The molecule has 1 aliphatic heterocycles. The van der Waals surface area contributed by atoms with Crippen LogP contribution in [0, 0.1) is 23.2 Å². The molecule has 0 radical (unpaired) electrons. The summed E-state index contributed by atoms with van der Waals surface area (Å²) in [5.41, 5.74) is 2.73. The molecule has 2 aromatic carbocycles. The van der Waals surface area contributed by atoms with E-state index in [1.165, 1.54) is 0 Å². The van der Waals surface area contributed by atoms with Crippen molar-refractivity contribution in [2.75, 3.05) is 19.0 Å². The number of hydrogen-bond donors (Lipinski definition) is 3. The quantitative estimate of drug-likeness (QED) is 0.581. The fourth-order valence-corrected chi connectivity index (χ4v) is 5.28. The number of carboxylic acid groups (broad SMARTS) is 1. The van der Waals surface area contributed by atoms with E-state index in [0.717, 1.165) is 11.1 Å². The molecule has 0 unspecified atom stereocenters. The number of nitrogens with one attached hydrogen (secondary N) is 2. The number of amides is 2. The van der Waals surface area contributed by atoms with Gasteiger partial charge in [-0.2, -0.15) is 5.26 Å². The van der Waals surface area contributed by atoms with Gasteiger partial charge in [0.1, 0.15) is 5.75 Å². The van der Waals surface area contributed by atoms with Crippen LogP contribution in [0.4, 0.5) is 5.69 Å². The monoisotopic (exact) mass is 461 g/mol. The number of anilines is 1. The maximum Gasteiger partial charge on any atom is 0.303 e. The average Bonchev–Trinajstić information content (AvgIpc) is 3.42. The number of carboxylic acids is 1. The third kappa shape index (κ3) is 4.10. The number of hydrogen-bond acceptors (Lipinski definition) is 5. The van der Waals surface area contributed by atoms with Gasteiger partial charge in [-0.1, -0.05) is 13.0 Å². The van der Waals surface area contributed by atoms with E-state index in [2.05, 4.69) is 16.7 Å². The first-order chi connectivity index (χ1) is 16.3. The van der Waals surface area contributed by atoms with Gasteiger partial charge in [0.25, 0.3) is 5.91 Å². The molecule has 176 valence electrons. The van der Waals surface area contributed by atoms with Gasteiger partial charge in [0.15, 0.2) is 0 Å². The van der Waals surface area contributed by atoms with Crippen LogP contribution in [0.2, 0.25) is 0 Å². The highest BCUT2D eigenvalue weighted by Gasteiger charge is 2.67. The predicted molar refractivity (Wildman–Crippen MR) is 125 cm³/mol. The van der Waals surface area contributed by atoms with Gasteiger partial charge < -0.3 is 20.5 Å². The summed E-state index contributed by atoms with van der Waals surface area (Å²) in [6.45, 7) is 2.52. The molecule has 2 amide bonds. The second-order valence-electron chi connectivity index (χ2n) is 8.92. The Hall–Kier alpha value is -3.86. The number of aryl methyl sites for hydroxylation is 1. The number of carbonyl (C=O) groups excluding carboxylic acids is 2. The van der Waals surface area contributed by atoms with Crippen LogP contribution in [0.3, 0.4) is 0 Å². The van der Waals surface area contributed by atoms with Crippen molar-refractivity contribution in [2.24, 2.45) is 11.8 Å². The molecule has 1 fully saturated rings. The molecule has 0 saturated heterocycles. The highest BCUT2D eigenvalue weighted by molar-refractivity contribution is 5.98. The summed E-state index contributed by atoms with van der Waals surface area (Å²) in [5, 5.41) is 23.9. The van der Waals surface area contributed by atoms with Gasteiger partial charge in [-0.25, -0.2) is 0 Å². The molecule has 3 N–H and O–H groups in total. The summed E-state index contributed by atoms with van der Waals surface area (Å²) in [5.74, 6) is -0.793. The summed E-state index contributed by atoms with van der Waals surface area (Å²) < 4.78 is 5.83. The fraction of sp³-hybridized carbons (Fsp3) is 0.385. The number of nitriles is 1. The lowest BCUT2D eigenvalue weighted by Crippen LogP contribution is -2.28. The van der Waals surface area contributed by atoms with E-state index in [4.69, 9.17) is 9.84 Å².